The summed E-state index contributed by atoms with van der Waals surface area (Å²) in [5, 5.41) is 2.79. The lowest BCUT2D eigenvalue weighted by Crippen LogP contribution is -1.94. The highest BCUT2D eigenvalue weighted by Gasteiger charge is 1.98. The molecule has 1 aromatic heterocycles. The Bertz CT molecular complexity index is 418. The summed E-state index contributed by atoms with van der Waals surface area (Å²) in [6.45, 7) is 0. The zero-order valence-electron chi connectivity index (χ0n) is 7.55. The van der Waals surface area contributed by atoms with Gasteiger partial charge >= 0.3 is 0 Å². The molecule has 0 atom stereocenters. The van der Waals surface area contributed by atoms with Crippen LogP contribution >= 0.6 is 11.3 Å². The van der Waals surface area contributed by atoms with Crippen molar-refractivity contribution in [3.8, 4) is 0 Å². The Balaban J connectivity index is 2.28. The number of thiazole rings is 1. The van der Waals surface area contributed by atoms with Crippen molar-refractivity contribution in [2.75, 3.05) is 0 Å². The first-order chi connectivity index (χ1) is 6.86. The third-order valence-corrected chi connectivity index (χ3v) is 2.62. The highest BCUT2D eigenvalue weighted by Crippen LogP contribution is 2.15. The summed E-state index contributed by atoms with van der Waals surface area (Å²) in [7, 11) is 0. The van der Waals surface area contributed by atoms with Crippen LogP contribution in [0.1, 0.15) is 10.6 Å². The first-order valence-electron chi connectivity index (χ1n) is 4.28. The van der Waals surface area contributed by atoms with Crippen molar-refractivity contribution in [1.29, 1.82) is 0 Å². The number of rotatable bonds is 2. The quantitative estimate of drug-likeness (QED) is 0.813. The third-order valence-electron chi connectivity index (χ3n) is 1.80. The van der Waals surface area contributed by atoms with Crippen molar-refractivity contribution < 1.29 is 0 Å². The molecule has 1 aromatic carbocycles. The van der Waals surface area contributed by atoms with E-state index in [1.54, 1.807) is 17.5 Å². The summed E-state index contributed by atoms with van der Waals surface area (Å²) in [4.78, 5) is 4.14. The van der Waals surface area contributed by atoms with E-state index in [1.807, 2.05) is 41.8 Å². The van der Waals surface area contributed by atoms with Gasteiger partial charge in [-0.2, -0.15) is 0 Å². The number of benzene rings is 1. The molecule has 2 N–H and O–H groups in total. The van der Waals surface area contributed by atoms with Crippen LogP contribution in [0.2, 0.25) is 0 Å². The van der Waals surface area contributed by atoms with Gasteiger partial charge in [-0.15, -0.1) is 11.3 Å². The average Bonchev–Trinajstić information content (AvgIpc) is 2.72. The maximum absolute atomic E-state index is 5.88. The molecule has 0 radical (unpaired) electrons. The molecule has 0 spiro atoms. The molecule has 2 rings (SSSR count). The SMILES string of the molecule is NC(=Cc1ccccc1)c1nccs1. The maximum atomic E-state index is 5.88. The molecule has 0 aliphatic heterocycles. The Morgan fingerprint density at radius 1 is 1.29 bits per heavy atom. The van der Waals surface area contributed by atoms with Gasteiger partial charge in [0.05, 0.1) is 5.70 Å². The fourth-order valence-corrected chi connectivity index (χ4v) is 1.72. The lowest BCUT2D eigenvalue weighted by atomic mass is 10.2. The molecule has 0 aliphatic rings. The second kappa shape index (κ2) is 4.07. The molecule has 2 nitrogen and oxygen atoms in total. The zero-order chi connectivity index (χ0) is 9.80. The van der Waals surface area contributed by atoms with E-state index in [4.69, 9.17) is 5.73 Å². The third kappa shape index (κ3) is 2.00. The molecule has 2 aromatic rings. The van der Waals surface area contributed by atoms with Crippen LogP contribution in [0, 0.1) is 0 Å². The van der Waals surface area contributed by atoms with Crippen LogP contribution in [0.3, 0.4) is 0 Å². The highest BCUT2D eigenvalue weighted by molar-refractivity contribution is 7.10. The summed E-state index contributed by atoms with van der Waals surface area (Å²) in [5.41, 5.74) is 7.69. The minimum absolute atomic E-state index is 0.714. The van der Waals surface area contributed by atoms with Crippen LogP contribution in [0.15, 0.2) is 41.9 Å². The molecule has 0 saturated carbocycles. The first kappa shape index (κ1) is 8.97. The van der Waals surface area contributed by atoms with E-state index < -0.39 is 0 Å². The summed E-state index contributed by atoms with van der Waals surface area (Å²) in [5.74, 6) is 0. The Morgan fingerprint density at radius 2 is 2.07 bits per heavy atom. The molecule has 0 bridgehead atoms. The number of aromatic nitrogens is 1. The van der Waals surface area contributed by atoms with E-state index >= 15 is 0 Å². The maximum Gasteiger partial charge on any atom is 0.139 e. The first-order valence-corrected chi connectivity index (χ1v) is 5.16. The van der Waals surface area contributed by atoms with Crippen molar-refractivity contribution in [3.05, 3.63) is 52.5 Å². The lowest BCUT2D eigenvalue weighted by molar-refractivity contribution is 1.35. The van der Waals surface area contributed by atoms with Gasteiger partial charge in [-0.25, -0.2) is 4.98 Å². The summed E-state index contributed by atoms with van der Waals surface area (Å²) < 4.78 is 0. The molecular formula is C11H10N2S. The molecule has 0 amide bonds. The van der Waals surface area contributed by atoms with Gasteiger partial charge in [-0.3, -0.25) is 0 Å². The normalized spacial score (nSPS) is 11.6. The zero-order valence-corrected chi connectivity index (χ0v) is 8.37. The second-order valence-electron chi connectivity index (χ2n) is 2.85. The van der Waals surface area contributed by atoms with Gasteiger partial charge in [0.2, 0.25) is 0 Å². The van der Waals surface area contributed by atoms with Crippen LogP contribution < -0.4 is 5.73 Å². The topological polar surface area (TPSA) is 38.9 Å². The summed E-state index contributed by atoms with van der Waals surface area (Å²) in [6.07, 6.45) is 3.69. The van der Waals surface area contributed by atoms with E-state index in [2.05, 4.69) is 4.98 Å². The van der Waals surface area contributed by atoms with Crippen LogP contribution in [-0.4, -0.2) is 4.98 Å². The molecule has 0 aliphatic carbocycles. The van der Waals surface area contributed by atoms with Crippen molar-refractivity contribution in [2.24, 2.45) is 5.73 Å². The molecule has 0 saturated heterocycles. The Kier molecular flexibility index (Phi) is 2.60. The van der Waals surface area contributed by atoms with E-state index in [9.17, 15) is 0 Å². The van der Waals surface area contributed by atoms with E-state index in [0.29, 0.717) is 5.70 Å². The highest BCUT2D eigenvalue weighted by atomic mass is 32.1. The lowest BCUT2D eigenvalue weighted by Gasteiger charge is -1.96. The standard InChI is InChI=1S/C11H10N2S/c12-10(11-13-6-7-14-11)8-9-4-2-1-3-5-9/h1-8H,12H2. The van der Waals surface area contributed by atoms with Crippen molar-refractivity contribution in [1.82, 2.24) is 4.98 Å². The predicted molar refractivity (Wildman–Crippen MR) is 60.6 cm³/mol. The minimum atomic E-state index is 0.714. The summed E-state index contributed by atoms with van der Waals surface area (Å²) >= 11 is 1.55. The number of nitrogens with two attached hydrogens (primary N) is 1. The Hall–Kier alpha value is -1.61. The largest absolute Gasteiger partial charge is 0.396 e. The fraction of sp³-hybridized carbons (Fsp3) is 0. The average molecular weight is 202 g/mol. The van der Waals surface area contributed by atoms with E-state index in [1.165, 1.54) is 0 Å². The van der Waals surface area contributed by atoms with Gasteiger partial charge in [0.15, 0.2) is 0 Å². The van der Waals surface area contributed by atoms with Gasteiger partial charge in [0, 0.05) is 11.6 Å². The van der Waals surface area contributed by atoms with Crippen LogP contribution in [0.4, 0.5) is 0 Å². The van der Waals surface area contributed by atoms with Gasteiger partial charge in [-0.05, 0) is 11.6 Å². The molecule has 3 heteroatoms. The molecule has 0 unspecified atom stereocenters. The smallest absolute Gasteiger partial charge is 0.139 e. The number of hydrogen-bond acceptors (Lipinski definition) is 3. The van der Waals surface area contributed by atoms with Crippen LogP contribution in [0.25, 0.3) is 11.8 Å². The van der Waals surface area contributed by atoms with E-state index in [-0.39, 0.29) is 0 Å². The summed E-state index contributed by atoms with van der Waals surface area (Å²) in [6, 6.07) is 9.99. The van der Waals surface area contributed by atoms with Crippen molar-refractivity contribution >= 4 is 23.1 Å². The predicted octanol–water partition coefficient (Wildman–Crippen LogP) is 2.60. The molecule has 1 heterocycles. The van der Waals surface area contributed by atoms with E-state index in [0.717, 1.165) is 10.6 Å². The number of hydrogen-bond donors (Lipinski definition) is 1. The van der Waals surface area contributed by atoms with Crippen LogP contribution in [-0.2, 0) is 0 Å². The second-order valence-corrected chi connectivity index (χ2v) is 3.74. The van der Waals surface area contributed by atoms with Crippen molar-refractivity contribution in [3.63, 3.8) is 0 Å². The van der Waals surface area contributed by atoms with Gasteiger partial charge < -0.3 is 5.73 Å². The Labute approximate surface area is 86.7 Å². The fourth-order valence-electron chi connectivity index (χ4n) is 1.16. The molecular weight excluding hydrogens is 192 g/mol. The molecule has 0 fully saturated rings. The van der Waals surface area contributed by atoms with Crippen LogP contribution in [0.5, 0.6) is 0 Å². The van der Waals surface area contributed by atoms with Gasteiger partial charge in [0.25, 0.3) is 0 Å². The molecule has 14 heavy (non-hydrogen) atoms. The minimum Gasteiger partial charge on any atom is -0.396 e. The number of nitrogens with zero attached hydrogens (tertiary/aromatic N) is 1. The van der Waals surface area contributed by atoms with Gasteiger partial charge in [0.1, 0.15) is 5.01 Å². The van der Waals surface area contributed by atoms with Gasteiger partial charge in [-0.1, -0.05) is 30.3 Å². The molecule has 70 valence electrons. The monoisotopic (exact) mass is 202 g/mol. The Morgan fingerprint density at radius 3 is 2.71 bits per heavy atom. The van der Waals surface area contributed by atoms with Crippen molar-refractivity contribution in [2.45, 2.75) is 0 Å².